The first-order valence-electron chi connectivity index (χ1n) is 3.90. The van der Waals surface area contributed by atoms with Crippen molar-refractivity contribution >= 4 is 34.1 Å². The van der Waals surface area contributed by atoms with Crippen LogP contribution in [0.5, 0.6) is 0 Å². The highest BCUT2D eigenvalue weighted by molar-refractivity contribution is 6.36. The fraction of sp³-hybridized carbons (Fsp3) is 0.100. The third kappa shape index (κ3) is 1.50. The molecule has 1 aromatic carbocycles. The van der Waals surface area contributed by atoms with Crippen LogP contribution in [-0.4, -0.2) is 4.98 Å². The summed E-state index contributed by atoms with van der Waals surface area (Å²) in [6.45, 7) is 1.99. The molecule has 2 aromatic rings. The van der Waals surface area contributed by atoms with E-state index in [1.54, 1.807) is 6.07 Å². The zero-order valence-electron chi connectivity index (χ0n) is 7.01. The molecule has 0 aliphatic carbocycles. The number of pyridine rings is 1. The molecular formula is C10H7Cl2N. The molecule has 0 spiro atoms. The molecule has 0 saturated heterocycles. The highest BCUT2D eigenvalue weighted by atomic mass is 35.5. The Morgan fingerprint density at radius 1 is 1.08 bits per heavy atom. The van der Waals surface area contributed by atoms with Gasteiger partial charge in [0, 0.05) is 10.4 Å². The van der Waals surface area contributed by atoms with Gasteiger partial charge in [0.25, 0.3) is 0 Å². The van der Waals surface area contributed by atoms with Crippen molar-refractivity contribution in [3.63, 3.8) is 0 Å². The SMILES string of the molecule is Cc1ccc(Cl)c2ccc(Cl)nc12. The van der Waals surface area contributed by atoms with E-state index in [4.69, 9.17) is 23.2 Å². The number of aromatic nitrogens is 1. The summed E-state index contributed by atoms with van der Waals surface area (Å²) in [4.78, 5) is 4.22. The van der Waals surface area contributed by atoms with Gasteiger partial charge in [-0.3, -0.25) is 0 Å². The van der Waals surface area contributed by atoms with E-state index in [1.165, 1.54) is 0 Å². The van der Waals surface area contributed by atoms with E-state index in [0.29, 0.717) is 10.2 Å². The Morgan fingerprint density at radius 2 is 1.85 bits per heavy atom. The predicted octanol–water partition coefficient (Wildman–Crippen LogP) is 3.85. The molecule has 0 bridgehead atoms. The number of hydrogen-bond donors (Lipinski definition) is 0. The van der Waals surface area contributed by atoms with Crippen LogP contribution >= 0.6 is 23.2 Å². The lowest BCUT2D eigenvalue weighted by molar-refractivity contribution is 1.37. The van der Waals surface area contributed by atoms with Crippen molar-refractivity contribution in [1.82, 2.24) is 4.98 Å². The number of fused-ring (bicyclic) bond motifs is 1. The minimum Gasteiger partial charge on any atom is -0.236 e. The fourth-order valence-electron chi connectivity index (χ4n) is 1.30. The second-order valence-electron chi connectivity index (χ2n) is 2.89. The Hall–Kier alpha value is -0.790. The summed E-state index contributed by atoms with van der Waals surface area (Å²) < 4.78 is 0. The average molecular weight is 212 g/mol. The molecule has 1 nitrogen and oxygen atoms in total. The van der Waals surface area contributed by atoms with E-state index >= 15 is 0 Å². The van der Waals surface area contributed by atoms with Crippen LogP contribution < -0.4 is 0 Å². The molecule has 3 heteroatoms. The number of halogens is 2. The number of nitrogens with zero attached hydrogens (tertiary/aromatic N) is 1. The van der Waals surface area contributed by atoms with E-state index in [1.807, 2.05) is 25.1 Å². The Kier molecular flexibility index (Phi) is 2.14. The van der Waals surface area contributed by atoms with E-state index < -0.39 is 0 Å². The highest BCUT2D eigenvalue weighted by Crippen LogP contribution is 2.25. The monoisotopic (exact) mass is 211 g/mol. The quantitative estimate of drug-likeness (QED) is 0.604. The summed E-state index contributed by atoms with van der Waals surface area (Å²) in [6, 6.07) is 7.44. The maximum atomic E-state index is 6.00. The molecule has 1 aromatic heterocycles. The van der Waals surface area contributed by atoms with Gasteiger partial charge >= 0.3 is 0 Å². The largest absolute Gasteiger partial charge is 0.236 e. The normalized spacial score (nSPS) is 10.7. The van der Waals surface area contributed by atoms with Gasteiger partial charge in [0.1, 0.15) is 5.15 Å². The molecule has 0 aliphatic heterocycles. The maximum Gasteiger partial charge on any atom is 0.129 e. The zero-order chi connectivity index (χ0) is 9.42. The number of benzene rings is 1. The molecule has 66 valence electrons. The molecule has 0 fully saturated rings. The molecule has 0 unspecified atom stereocenters. The van der Waals surface area contributed by atoms with Crippen LogP contribution in [0.25, 0.3) is 10.9 Å². The minimum atomic E-state index is 0.498. The smallest absolute Gasteiger partial charge is 0.129 e. The van der Waals surface area contributed by atoms with Crippen LogP contribution in [0, 0.1) is 6.92 Å². The second-order valence-corrected chi connectivity index (χ2v) is 3.69. The Labute approximate surface area is 86.3 Å². The second kappa shape index (κ2) is 3.17. The van der Waals surface area contributed by atoms with E-state index in [9.17, 15) is 0 Å². The zero-order valence-corrected chi connectivity index (χ0v) is 8.52. The summed E-state index contributed by atoms with van der Waals surface area (Å²) in [5.41, 5.74) is 1.96. The van der Waals surface area contributed by atoms with Gasteiger partial charge in [0.2, 0.25) is 0 Å². The Balaban J connectivity index is 2.92. The number of rotatable bonds is 0. The van der Waals surface area contributed by atoms with Crippen molar-refractivity contribution in [2.75, 3.05) is 0 Å². The Bertz CT molecular complexity index is 466. The van der Waals surface area contributed by atoms with Crippen LogP contribution in [0.15, 0.2) is 24.3 Å². The lowest BCUT2D eigenvalue weighted by Crippen LogP contribution is -1.84. The molecule has 0 saturated carbocycles. The number of aryl methyl sites for hydroxylation is 1. The predicted molar refractivity (Wildman–Crippen MR) is 56.5 cm³/mol. The van der Waals surface area contributed by atoms with Crippen molar-refractivity contribution in [3.8, 4) is 0 Å². The lowest BCUT2D eigenvalue weighted by atomic mass is 10.1. The summed E-state index contributed by atoms with van der Waals surface area (Å²) in [6.07, 6.45) is 0. The van der Waals surface area contributed by atoms with Gasteiger partial charge in [0.15, 0.2) is 0 Å². The Morgan fingerprint density at radius 3 is 2.62 bits per heavy atom. The molecule has 0 N–H and O–H groups in total. The van der Waals surface area contributed by atoms with Gasteiger partial charge < -0.3 is 0 Å². The fourth-order valence-corrected chi connectivity index (χ4v) is 1.66. The van der Waals surface area contributed by atoms with Crippen LogP contribution in [0.1, 0.15) is 5.56 Å². The molecule has 0 radical (unpaired) electrons. The maximum absolute atomic E-state index is 6.00. The number of hydrogen-bond acceptors (Lipinski definition) is 1. The van der Waals surface area contributed by atoms with Gasteiger partial charge in [-0.2, -0.15) is 0 Å². The molecule has 13 heavy (non-hydrogen) atoms. The van der Waals surface area contributed by atoms with E-state index in [0.717, 1.165) is 16.5 Å². The minimum absolute atomic E-state index is 0.498. The van der Waals surface area contributed by atoms with Gasteiger partial charge in [-0.1, -0.05) is 29.3 Å². The molecule has 0 aliphatic rings. The van der Waals surface area contributed by atoms with Crippen molar-refractivity contribution in [1.29, 1.82) is 0 Å². The molecular weight excluding hydrogens is 205 g/mol. The van der Waals surface area contributed by atoms with Gasteiger partial charge in [-0.15, -0.1) is 0 Å². The van der Waals surface area contributed by atoms with Crippen molar-refractivity contribution in [2.45, 2.75) is 6.92 Å². The highest BCUT2D eigenvalue weighted by Gasteiger charge is 2.03. The summed E-state index contributed by atoms with van der Waals surface area (Å²) in [5.74, 6) is 0. The van der Waals surface area contributed by atoms with Crippen LogP contribution in [0.4, 0.5) is 0 Å². The van der Waals surface area contributed by atoms with Crippen LogP contribution in [-0.2, 0) is 0 Å². The topological polar surface area (TPSA) is 12.9 Å². The molecule has 2 rings (SSSR count). The standard InChI is InChI=1S/C10H7Cl2N/c1-6-2-4-8(11)7-3-5-9(12)13-10(6)7/h2-5H,1H3. The van der Waals surface area contributed by atoms with Crippen LogP contribution in [0.3, 0.4) is 0 Å². The average Bonchev–Trinajstić information content (AvgIpc) is 2.12. The summed E-state index contributed by atoms with van der Waals surface area (Å²) in [7, 11) is 0. The van der Waals surface area contributed by atoms with Crippen molar-refractivity contribution in [3.05, 3.63) is 40.0 Å². The van der Waals surface area contributed by atoms with Crippen LogP contribution in [0.2, 0.25) is 10.2 Å². The van der Waals surface area contributed by atoms with Crippen molar-refractivity contribution in [2.24, 2.45) is 0 Å². The summed E-state index contributed by atoms with van der Waals surface area (Å²) >= 11 is 11.8. The first-order chi connectivity index (χ1) is 6.18. The molecule has 0 atom stereocenters. The third-order valence-corrected chi connectivity index (χ3v) is 2.51. The third-order valence-electron chi connectivity index (χ3n) is 1.97. The van der Waals surface area contributed by atoms with E-state index in [-0.39, 0.29) is 0 Å². The van der Waals surface area contributed by atoms with Gasteiger partial charge in [-0.05, 0) is 30.7 Å². The van der Waals surface area contributed by atoms with Gasteiger partial charge in [-0.25, -0.2) is 4.98 Å². The lowest BCUT2D eigenvalue weighted by Gasteiger charge is -2.02. The van der Waals surface area contributed by atoms with Gasteiger partial charge in [0.05, 0.1) is 5.52 Å². The first kappa shape index (κ1) is 8.79. The van der Waals surface area contributed by atoms with Crippen molar-refractivity contribution < 1.29 is 0 Å². The first-order valence-corrected chi connectivity index (χ1v) is 4.65. The van der Waals surface area contributed by atoms with E-state index in [2.05, 4.69) is 4.98 Å². The molecule has 1 heterocycles. The molecule has 0 amide bonds. The summed E-state index contributed by atoms with van der Waals surface area (Å²) in [5, 5.41) is 2.16.